The van der Waals surface area contributed by atoms with Gasteiger partial charge in [-0.15, -0.1) is 0 Å². The minimum absolute atomic E-state index is 0.258. The fraction of sp³-hybridized carbons (Fsp3) is 0. The molecule has 0 aliphatic rings. The van der Waals surface area contributed by atoms with Crippen molar-refractivity contribution in [3.8, 4) is 0 Å². The van der Waals surface area contributed by atoms with Crippen LogP contribution in [0.1, 0.15) is 10.4 Å². The van der Waals surface area contributed by atoms with Crippen LogP contribution in [0, 0.1) is 0 Å². The Morgan fingerprint density at radius 2 is 1.86 bits per heavy atom. The first kappa shape index (κ1) is 14.4. The summed E-state index contributed by atoms with van der Waals surface area (Å²) in [4.78, 5) is 15.5. The predicted octanol–water partition coefficient (Wildman–Crippen LogP) is 5.49. The Balaban J connectivity index is 1.99. The number of halogens is 3. The zero-order chi connectivity index (χ0) is 15.0. The second-order valence-electron chi connectivity index (χ2n) is 4.44. The van der Waals surface area contributed by atoms with E-state index < -0.39 is 0 Å². The number of carbonyl (C=O) groups is 1. The fourth-order valence-electron chi connectivity index (χ4n) is 2.13. The molecular formula is C15H9BrCl2N2O. The molecule has 1 amide bonds. The molecule has 0 radical (unpaired) electrons. The SMILES string of the molecule is O=C(Nc1c(Cl)cc(Br)cc1Cl)c1cccc2[nH]ccc12. The molecule has 3 rings (SSSR count). The number of rotatable bonds is 2. The van der Waals surface area contributed by atoms with Gasteiger partial charge in [-0.3, -0.25) is 4.79 Å². The van der Waals surface area contributed by atoms with Crippen LogP contribution in [0.3, 0.4) is 0 Å². The molecule has 0 unspecified atom stereocenters. The smallest absolute Gasteiger partial charge is 0.256 e. The fourth-order valence-corrected chi connectivity index (χ4v) is 3.43. The molecule has 0 spiro atoms. The zero-order valence-electron chi connectivity index (χ0n) is 10.6. The molecule has 3 nitrogen and oxygen atoms in total. The summed E-state index contributed by atoms with van der Waals surface area (Å²) in [5.41, 5.74) is 1.86. The van der Waals surface area contributed by atoms with Crippen LogP contribution in [-0.4, -0.2) is 10.9 Å². The van der Waals surface area contributed by atoms with Crippen LogP contribution in [0.2, 0.25) is 10.0 Å². The van der Waals surface area contributed by atoms with E-state index in [1.54, 1.807) is 24.4 Å². The second-order valence-corrected chi connectivity index (χ2v) is 6.17. The number of fused-ring (bicyclic) bond motifs is 1. The highest BCUT2D eigenvalue weighted by Gasteiger charge is 2.15. The van der Waals surface area contributed by atoms with Crippen molar-refractivity contribution in [2.75, 3.05) is 5.32 Å². The van der Waals surface area contributed by atoms with Crippen LogP contribution < -0.4 is 5.32 Å². The summed E-state index contributed by atoms with van der Waals surface area (Å²) in [5.74, 6) is -0.258. The van der Waals surface area contributed by atoms with Crippen molar-refractivity contribution in [2.24, 2.45) is 0 Å². The molecule has 0 fully saturated rings. The molecule has 3 aromatic rings. The van der Waals surface area contributed by atoms with E-state index in [1.165, 1.54) is 0 Å². The molecule has 0 saturated carbocycles. The van der Waals surface area contributed by atoms with Gasteiger partial charge in [-0.1, -0.05) is 45.2 Å². The molecule has 2 N–H and O–H groups in total. The largest absolute Gasteiger partial charge is 0.361 e. The van der Waals surface area contributed by atoms with Gasteiger partial charge in [-0.25, -0.2) is 0 Å². The molecule has 0 saturated heterocycles. The summed E-state index contributed by atoms with van der Waals surface area (Å²) in [7, 11) is 0. The topological polar surface area (TPSA) is 44.9 Å². The Kier molecular flexibility index (Phi) is 3.93. The van der Waals surface area contributed by atoms with Gasteiger partial charge in [0.05, 0.1) is 15.7 Å². The summed E-state index contributed by atoms with van der Waals surface area (Å²) >= 11 is 15.6. The minimum Gasteiger partial charge on any atom is -0.361 e. The lowest BCUT2D eigenvalue weighted by Gasteiger charge is -2.10. The Morgan fingerprint density at radius 1 is 1.14 bits per heavy atom. The lowest BCUT2D eigenvalue weighted by molar-refractivity contribution is 0.102. The van der Waals surface area contributed by atoms with Crippen molar-refractivity contribution in [3.05, 3.63) is 62.7 Å². The van der Waals surface area contributed by atoms with E-state index >= 15 is 0 Å². The number of aromatic nitrogens is 1. The summed E-state index contributed by atoms with van der Waals surface area (Å²) in [6.07, 6.45) is 1.79. The van der Waals surface area contributed by atoms with Crippen molar-refractivity contribution in [3.63, 3.8) is 0 Å². The number of hydrogen-bond acceptors (Lipinski definition) is 1. The van der Waals surface area contributed by atoms with Crippen molar-refractivity contribution < 1.29 is 4.79 Å². The number of anilines is 1. The molecular weight excluding hydrogens is 375 g/mol. The van der Waals surface area contributed by atoms with Gasteiger partial charge in [0.1, 0.15) is 0 Å². The number of nitrogens with one attached hydrogen (secondary N) is 2. The number of aromatic amines is 1. The van der Waals surface area contributed by atoms with Crippen LogP contribution >= 0.6 is 39.1 Å². The third-order valence-electron chi connectivity index (χ3n) is 3.08. The summed E-state index contributed by atoms with van der Waals surface area (Å²) in [6, 6.07) is 10.7. The Morgan fingerprint density at radius 3 is 2.57 bits per heavy atom. The minimum atomic E-state index is -0.258. The quantitative estimate of drug-likeness (QED) is 0.603. The third-order valence-corrected chi connectivity index (χ3v) is 4.14. The van der Waals surface area contributed by atoms with Crippen LogP contribution in [-0.2, 0) is 0 Å². The zero-order valence-corrected chi connectivity index (χ0v) is 13.7. The molecule has 0 bridgehead atoms. The normalized spacial score (nSPS) is 10.8. The Hall–Kier alpha value is -1.49. The van der Waals surface area contributed by atoms with E-state index in [4.69, 9.17) is 23.2 Å². The lowest BCUT2D eigenvalue weighted by atomic mass is 10.1. The molecule has 0 aliphatic carbocycles. The average Bonchev–Trinajstić information content (AvgIpc) is 2.90. The summed E-state index contributed by atoms with van der Waals surface area (Å²) in [6.45, 7) is 0. The standard InChI is InChI=1S/C15H9BrCl2N2O/c16-8-6-11(17)14(12(18)7-8)20-15(21)10-2-1-3-13-9(10)4-5-19-13/h1-7,19H,(H,20,21). The predicted molar refractivity (Wildman–Crippen MR) is 90.4 cm³/mol. The molecule has 1 aromatic heterocycles. The van der Waals surface area contributed by atoms with E-state index in [1.807, 2.05) is 18.2 Å². The first-order chi connectivity index (χ1) is 10.1. The highest BCUT2D eigenvalue weighted by molar-refractivity contribution is 9.10. The van der Waals surface area contributed by atoms with Gasteiger partial charge in [-0.05, 0) is 30.3 Å². The van der Waals surface area contributed by atoms with Crippen molar-refractivity contribution in [1.29, 1.82) is 0 Å². The van der Waals surface area contributed by atoms with Gasteiger partial charge in [0, 0.05) is 27.1 Å². The summed E-state index contributed by atoms with van der Waals surface area (Å²) < 4.78 is 0.753. The average molecular weight is 384 g/mol. The monoisotopic (exact) mass is 382 g/mol. The van der Waals surface area contributed by atoms with Crippen molar-refractivity contribution in [2.45, 2.75) is 0 Å². The molecule has 0 atom stereocenters. The van der Waals surface area contributed by atoms with Gasteiger partial charge in [0.2, 0.25) is 0 Å². The Labute approximate surface area is 139 Å². The molecule has 1 heterocycles. The van der Waals surface area contributed by atoms with E-state index in [0.717, 1.165) is 15.4 Å². The molecule has 2 aromatic carbocycles. The summed E-state index contributed by atoms with van der Waals surface area (Å²) in [5, 5.41) is 4.37. The second kappa shape index (κ2) is 5.72. The molecule has 6 heteroatoms. The van der Waals surface area contributed by atoms with E-state index in [9.17, 15) is 4.79 Å². The maximum atomic E-state index is 12.5. The number of carbonyl (C=O) groups excluding carboxylic acids is 1. The number of benzene rings is 2. The van der Waals surface area contributed by atoms with Gasteiger partial charge in [0.15, 0.2) is 0 Å². The van der Waals surface area contributed by atoms with Crippen LogP contribution in [0.15, 0.2) is 47.1 Å². The molecule has 21 heavy (non-hydrogen) atoms. The first-order valence-corrected chi connectivity index (χ1v) is 7.63. The van der Waals surface area contributed by atoms with E-state index in [2.05, 4.69) is 26.2 Å². The van der Waals surface area contributed by atoms with E-state index in [0.29, 0.717) is 21.3 Å². The van der Waals surface area contributed by atoms with Crippen LogP contribution in [0.4, 0.5) is 5.69 Å². The lowest BCUT2D eigenvalue weighted by Crippen LogP contribution is -2.13. The van der Waals surface area contributed by atoms with Crippen molar-refractivity contribution >= 4 is 61.6 Å². The Bertz CT molecular complexity index is 822. The third kappa shape index (κ3) is 2.79. The van der Waals surface area contributed by atoms with Gasteiger partial charge < -0.3 is 10.3 Å². The van der Waals surface area contributed by atoms with E-state index in [-0.39, 0.29) is 5.91 Å². The van der Waals surface area contributed by atoms with Gasteiger partial charge >= 0.3 is 0 Å². The highest BCUT2D eigenvalue weighted by atomic mass is 79.9. The van der Waals surface area contributed by atoms with Crippen LogP contribution in [0.5, 0.6) is 0 Å². The first-order valence-electron chi connectivity index (χ1n) is 6.08. The maximum absolute atomic E-state index is 12.5. The highest BCUT2D eigenvalue weighted by Crippen LogP contribution is 2.34. The van der Waals surface area contributed by atoms with Gasteiger partial charge in [0.25, 0.3) is 5.91 Å². The molecule has 0 aliphatic heterocycles. The number of H-pyrrole nitrogens is 1. The number of hydrogen-bond donors (Lipinski definition) is 2. The number of amides is 1. The maximum Gasteiger partial charge on any atom is 0.256 e. The van der Waals surface area contributed by atoms with Gasteiger partial charge in [-0.2, -0.15) is 0 Å². The van der Waals surface area contributed by atoms with Crippen molar-refractivity contribution in [1.82, 2.24) is 4.98 Å². The molecule has 106 valence electrons. The van der Waals surface area contributed by atoms with Crippen LogP contribution in [0.25, 0.3) is 10.9 Å².